The second kappa shape index (κ2) is 4.63. The zero-order valence-electron chi connectivity index (χ0n) is 11.7. The number of hydrogen-bond acceptors (Lipinski definition) is 6. The summed E-state index contributed by atoms with van der Waals surface area (Å²) in [4.78, 5) is 16.3. The van der Waals surface area contributed by atoms with Crippen LogP contribution in [0.15, 0.2) is 22.6 Å². The molecule has 0 unspecified atom stereocenters. The third-order valence-corrected chi connectivity index (χ3v) is 3.76. The highest BCUT2D eigenvalue weighted by Crippen LogP contribution is 2.35. The van der Waals surface area contributed by atoms with Gasteiger partial charge in [-0.15, -0.1) is 5.10 Å². The predicted molar refractivity (Wildman–Crippen MR) is 78.6 cm³/mol. The summed E-state index contributed by atoms with van der Waals surface area (Å²) in [6, 6.07) is 4.84. The lowest BCUT2D eigenvalue weighted by Crippen LogP contribution is -2.13. The fourth-order valence-electron chi connectivity index (χ4n) is 2.04. The van der Waals surface area contributed by atoms with Crippen molar-refractivity contribution in [2.75, 3.05) is 0 Å². The van der Waals surface area contributed by atoms with Gasteiger partial charge < -0.3 is 9.52 Å². The number of aromatic nitrogens is 3. The molecule has 0 fully saturated rings. The van der Waals surface area contributed by atoms with Crippen LogP contribution in [0.1, 0.15) is 36.8 Å². The average molecular weight is 303 g/mol. The molecule has 0 atom stereocenters. The van der Waals surface area contributed by atoms with Gasteiger partial charge in [0.15, 0.2) is 5.58 Å². The SMILES string of the molecule is CC(C)(C)c1nnsc1-c1nc2c(C(=O)O)cccc2o1. The van der Waals surface area contributed by atoms with Crippen molar-refractivity contribution in [1.29, 1.82) is 0 Å². The molecule has 2 heterocycles. The van der Waals surface area contributed by atoms with E-state index in [-0.39, 0.29) is 11.0 Å². The molecule has 0 bridgehead atoms. The van der Waals surface area contributed by atoms with Gasteiger partial charge in [0.25, 0.3) is 0 Å². The number of carbonyl (C=O) groups is 1. The number of carboxylic acid groups (broad SMARTS) is 1. The summed E-state index contributed by atoms with van der Waals surface area (Å²) in [5.41, 5.74) is 1.50. The molecular formula is C14H13N3O3S. The fraction of sp³-hybridized carbons (Fsp3) is 0.286. The maximum absolute atomic E-state index is 11.2. The topological polar surface area (TPSA) is 89.1 Å². The van der Waals surface area contributed by atoms with Gasteiger partial charge in [-0.05, 0) is 23.7 Å². The second-order valence-corrected chi connectivity index (χ2v) is 6.43. The Bertz CT molecular complexity index is 829. The first-order chi connectivity index (χ1) is 9.88. The van der Waals surface area contributed by atoms with Crippen molar-refractivity contribution in [3.63, 3.8) is 0 Å². The molecule has 0 aliphatic carbocycles. The highest BCUT2D eigenvalue weighted by atomic mass is 32.1. The first kappa shape index (κ1) is 13.7. The van der Waals surface area contributed by atoms with Gasteiger partial charge in [-0.2, -0.15) is 0 Å². The summed E-state index contributed by atoms with van der Waals surface area (Å²) in [5, 5.41) is 13.3. The molecule has 0 saturated carbocycles. The maximum atomic E-state index is 11.2. The minimum atomic E-state index is -1.03. The van der Waals surface area contributed by atoms with Crippen LogP contribution in [0.5, 0.6) is 0 Å². The van der Waals surface area contributed by atoms with Gasteiger partial charge in [-0.25, -0.2) is 9.78 Å². The molecule has 21 heavy (non-hydrogen) atoms. The minimum absolute atomic E-state index is 0.122. The number of aromatic carboxylic acids is 1. The van der Waals surface area contributed by atoms with Gasteiger partial charge in [0, 0.05) is 5.41 Å². The predicted octanol–water partition coefficient (Wildman–Crippen LogP) is 3.34. The molecule has 0 aliphatic rings. The second-order valence-electron chi connectivity index (χ2n) is 5.68. The van der Waals surface area contributed by atoms with Crippen molar-refractivity contribution in [1.82, 2.24) is 14.6 Å². The Labute approximate surface area is 124 Å². The van der Waals surface area contributed by atoms with E-state index in [4.69, 9.17) is 4.42 Å². The number of oxazole rings is 1. The van der Waals surface area contributed by atoms with Gasteiger partial charge in [0.2, 0.25) is 5.89 Å². The number of nitrogens with zero attached hydrogens (tertiary/aromatic N) is 3. The molecular weight excluding hydrogens is 290 g/mol. The van der Waals surface area contributed by atoms with Crippen LogP contribution < -0.4 is 0 Å². The first-order valence-electron chi connectivity index (χ1n) is 6.34. The molecule has 2 aromatic heterocycles. The number of carboxylic acids is 1. The fourth-order valence-corrected chi connectivity index (χ4v) is 2.84. The van der Waals surface area contributed by atoms with Gasteiger partial charge >= 0.3 is 5.97 Å². The molecule has 3 aromatic rings. The summed E-state index contributed by atoms with van der Waals surface area (Å²) in [5.74, 6) is -0.669. The Kier molecular flexibility index (Phi) is 3.02. The normalized spacial score (nSPS) is 12.0. The van der Waals surface area contributed by atoms with Crippen molar-refractivity contribution in [2.45, 2.75) is 26.2 Å². The van der Waals surface area contributed by atoms with E-state index in [1.165, 1.54) is 17.6 Å². The lowest BCUT2D eigenvalue weighted by Gasteiger charge is -2.15. The minimum Gasteiger partial charge on any atom is -0.478 e. The molecule has 0 radical (unpaired) electrons. The van der Waals surface area contributed by atoms with Crippen LogP contribution in [-0.4, -0.2) is 25.6 Å². The summed E-state index contributed by atoms with van der Waals surface area (Å²) in [6.07, 6.45) is 0. The number of para-hydroxylation sites is 1. The summed E-state index contributed by atoms with van der Waals surface area (Å²) in [6.45, 7) is 6.08. The molecule has 6 nitrogen and oxygen atoms in total. The van der Waals surface area contributed by atoms with Crippen molar-refractivity contribution in [2.24, 2.45) is 0 Å². The summed E-state index contributed by atoms with van der Waals surface area (Å²) in [7, 11) is 0. The molecule has 0 spiro atoms. The number of fused-ring (bicyclic) bond motifs is 1. The van der Waals surface area contributed by atoms with E-state index in [1.807, 2.05) is 20.8 Å². The van der Waals surface area contributed by atoms with Gasteiger partial charge in [-0.3, -0.25) is 0 Å². The third kappa shape index (κ3) is 2.29. The smallest absolute Gasteiger partial charge is 0.338 e. The first-order valence-corrected chi connectivity index (χ1v) is 7.11. The molecule has 0 amide bonds. The Hall–Kier alpha value is -2.28. The number of rotatable bonds is 2. The van der Waals surface area contributed by atoms with E-state index in [1.54, 1.807) is 12.1 Å². The quantitative estimate of drug-likeness (QED) is 0.781. The molecule has 1 N–H and O–H groups in total. The van der Waals surface area contributed by atoms with Crippen LogP contribution in [-0.2, 0) is 5.41 Å². The van der Waals surface area contributed by atoms with Crippen LogP contribution in [0.25, 0.3) is 21.9 Å². The molecule has 3 rings (SSSR count). The third-order valence-electron chi connectivity index (χ3n) is 3.04. The Morgan fingerprint density at radius 2 is 2.10 bits per heavy atom. The zero-order chi connectivity index (χ0) is 15.2. The Balaban J connectivity index is 2.21. The van der Waals surface area contributed by atoms with Crippen LogP contribution in [0.3, 0.4) is 0 Å². The number of benzene rings is 1. The van der Waals surface area contributed by atoms with E-state index >= 15 is 0 Å². The van der Waals surface area contributed by atoms with Crippen molar-refractivity contribution >= 4 is 28.6 Å². The van der Waals surface area contributed by atoms with E-state index in [0.29, 0.717) is 17.0 Å². The Morgan fingerprint density at radius 1 is 1.33 bits per heavy atom. The van der Waals surface area contributed by atoms with Gasteiger partial charge in [0.1, 0.15) is 10.4 Å². The van der Waals surface area contributed by atoms with E-state index in [2.05, 4.69) is 14.6 Å². The van der Waals surface area contributed by atoms with E-state index < -0.39 is 5.97 Å². The highest BCUT2D eigenvalue weighted by Gasteiger charge is 2.26. The molecule has 7 heteroatoms. The summed E-state index contributed by atoms with van der Waals surface area (Å²) >= 11 is 1.19. The molecule has 1 aromatic carbocycles. The van der Waals surface area contributed by atoms with Crippen molar-refractivity contribution in [3.8, 4) is 10.8 Å². The van der Waals surface area contributed by atoms with E-state index in [0.717, 1.165) is 10.6 Å². The number of hydrogen-bond donors (Lipinski definition) is 1. The van der Waals surface area contributed by atoms with Crippen LogP contribution >= 0.6 is 11.5 Å². The highest BCUT2D eigenvalue weighted by molar-refractivity contribution is 7.09. The van der Waals surface area contributed by atoms with Crippen molar-refractivity contribution in [3.05, 3.63) is 29.5 Å². The lowest BCUT2D eigenvalue weighted by molar-refractivity contribution is 0.0699. The molecule has 0 aliphatic heterocycles. The Morgan fingerprint density at radius 3 is 2.76 bits per heavy atom. The average Bonchev–Trinajstić information content (AvgIpc) is 3.03. The largest absolute Gasteiger partial charge is 0.478 e. The van der Waals surface area contributed by atoms with Crippen molar-refractivity contribution < 1.29 is 14.3 Å². The molecule has 0 saturated heterocycles. The monoisotopic (exact) mass is 303 g/mol. The standard InChI is InChI=1S/C14H13N3O3S/c1-14(2,3)11-10(21-17-16-11)12-15-9-7(13(18)19)5-4-6-8(9)20-12/h4-6H,1-3H3,(H,18,19). The zero-order valence-corrected chi connectivity index (χ0v) is 12.6. The molecule has 108 valence electrons. The van der Waals surface area contributed by atoms with E-state index in [9.17, 15) is 9.90 Å². The lowest BCUT2D eigenvalue weighted by atomic mass is 9.91. The van der Waals surface area contributed by atoms with Gasteiger partial charge in [0.05, 0.1) is 11.3 Å². The van der Waals surface area contributed by atoms with Crippen LogP contribution in [0, 0.1) is 0 Å². The van der Waals surface area contributed by atoms with Gasteiger partial charge in [-0.1, -0.05) is 31.3 Å². The van der Waals surface area contributed by atoms with Crippen LogP contribution in [0.4, 0.5) is 0 Å². The van der Waals surface area contributed by atoms with Crippen LogP contribution in [0.2, 0.25) is 0 Å². The summed E-state index contributed by atoms with van der Waals surface area (Å²) < 4.78 is 9.66. The maximum Gasteiger partial charge on any atom is 0.338 e.